The molecular weight excluding hydrogens is 262 g/mol. The van der Waals surface area contributed by atoms with Gasteiger partial charge < -0.3 is 16.0 Å². The SMILES string of the molecule is CCN(CC(N)=O)c1ccc(CNC2CC2)cc1Cl. The number of benzene rings is 1. The van der Waals surface area contributed by atoms with Gasteiger partial charge in [0.25, 0.3) is 0 Å². The number of hydrogen-bond acceptors (Lipinski definition) is 3. The molecular formula is C14H20ClN3O. The molecule has 0 atom stereocenters. The van der Waals surface area contributed by atoms with Gasteiger partial charge in [0, 0.05) is 19.1 Å². The summed E-state index contributed by atoms with van der Waals surface area (Å²) < 4.78 is 0. The van der Waals surface area contributed by atoms with Crippen LogP contribution in [0.15, 0.2) is 18.2 Å². The van der Waals surface area contributed by atoms with Crippen LogP contribution in [0.4, 0.5) is 5.69 Å². The number of halogens is 1. The summed E-state index contributed by atoms with van der Waals surface area (Å²) in [5.41, 5.74) is 7.26. The maximum atomic E-state index is 11.0. The van der Waals surface area contributed by atoms with Gasteiger partial charge in [0.1, 0.15) is 0 Å². The number of amides is 1. The lowest BCUT2D eigenvalue weighted by atomic mass is 10.2. The third-order valence-corrected chi connectivity index (χ3v) is 3.56. The van der Waals surface area contributed by atoms with Crippen molar-refractivity contribution in [3.63, 3.8) is 0 Å². The zero-order chi connectivity index (χ0) is 13.8. The van der Waals surface area contributed by atoms with Crippen LogP contribution in [0.3, 0.4) is 0 Å². The molecule has 1 aromatic carbocycles. The van der Waals surface area contributed by atoms with Gasteiger partial charge in [-0.05, 0) is 37.5 Å². The van der Waals surface area contributed by atoms with E-state index in [1.54, 1.807) is 0 Å². The summed E-state index contributed by atoms with van der Waals surface area (Å²) >= 11 is 6.30. The fourth-order valence-electron chi connectivity index (χ4n) is 2.02. The molecule has 1 aliphatic rings. The number of carbonyl (C=O) groups is 1. The first-order valence-electron chi connectivity index (χ1n) is 6.65. The van der Waals surface area contributed by atoms with Crippen molar-refractivity contribution in [1.29, 1.82) is 0 Å². The number of anilines is 1. The maximum Gasteiger partial charge on any atom is 0.236 e. The molecule has 19 heavy (non-hydrogen) atoms. The average molecular weight is 282 g/mol. The van der Waals surface area contributed by atoms with E-state index in [2.05, 4.69) is 5.32 Å². The first kappa shape index (κ1) is 14.2. The molecule has 1 aromatic rings. The summed E-state index contributed by atoms with van der Waals surface area (Å²) in [6, 6.07) is 6.63. The first-order chi connectivity index (χ1) is 9.10. The van der Waals surface area contributed by atoms with Gasteiger partial charge in [-0.25, -0.2) is 0 Å². The normalized spacial score (nSPS) is 14.4. The molecule has 104 valence electrons. The van der Waals surface area contributed by atoms with E-state index < -0.39 is 0 Å². The van der Waals surface area contributed by atoms with Crippen LogP contribution in [-0.4, -0.2) is 25.0 Å². The summed E-state index contributed by atoms with van der Waals surface area (Å²) in [5.74, 6) is -0.350. The lowest BCUT2D eigenvalue weighted by Crippen LogP contribution is -2.33. The standard InChI is InChI=1S/C14H20ClN3O/c1-2-18(9-14(16)19)13-6-3-10(7-12(13)15)8-17-11-4-5-11/h3,6-7,11,17H,2,4-5,8-9H2,1H3,(H2,16,19). The van der Waals surface area contributed by atoms with E-state index >= 15 is 0 Å². The van der Waals surface area contributed by atoms with E-state index in [0.29, 0.717) is 17.6 Å². The van der Waals surface area contributed by atoms with Crippen molar-refractivity contribution in [3.8, 4) is 0 Å². The van der Waals surface area contributed by atoms with E-state index in [9.17, 15) is 4.79 Å². The Morgan fingerprint density at radius 2 is 2.26 bits per heavy atom. The Labute approximate surface area is 118 Å². The molecule has 0 aliphatic heterocycles. The number of carbonyl (C=O) groups excluding carboxylic acids is 1. The highest BCUT2D eigenvalue weighted by molar-refractivity contribution is 6.33. The minimum atomic E-state index is -0.350. The largest absolute Gasteiger partial charge is 0.368 e. The van der Waals surface area contributed by atoms with Crippen LogP contribution in [0.1, 0.15) is 25.3 Å². The molecule has 0 radical (unpaired) electrons. The lowest BCUT2D eigenvalue weighted by Gasteiger charge is -2.23. The highest BCUT2D eigenvalue weighted by Crippen LogP contribution is 2.27. The maximum absolute atomic E-state index is 11.0. The van der Waals surface area contributed by atoms with Gasteiger partial charge in [-0.1, -0.05) is 17.7 Å². The molecule has 1 fully saturated rings. The van der Waals surface area contributed by atoms with Crippen LogP contribution in [0.25, 0.3) is 0 Å². The van der Waals surface area contributed by atoms with E-state index in [1.165, 1.54) is 12.8 Å². The molecule has 3 N–H and O–H groups in total. The summed E-state index contributed by atoms with van der Waals surface area (Å²) in [7, 11) is 0. The third kappa shape index (κ3) is 4.11. The second kappa shape index (κ2) is 6.26. The van der Waals surface area contributed by atoms with Gasteiger partial charge in [-0.3, -0.25) is 4.79 Å². The van der Waals surface area contributed by atoms with Crippen molar-refractivity contribution in [2.45, 2.75) is 32.4 Å². The lowest BCUT2D eigenvalue weighted by molar-refractivity contribution is -0.116. The number of primary amides is 1. The van der Waals surface area contributed by atoms with Crippen LogP contribution >= 0.6 is 11.6 Å². The smallest absolute Gasteiger partial charge is 0.236 e. The molecule has 0 saturated heterocycles. The number of nitrogens with one attached hydrogen (secondary N) is 1. The summed E-state index contributed by atoms with van der Waals surface area (Å²) in [6.07, 6.45) is 2.54. The minimum absolute atomic E-state index is 0.190. The van der Waals surface area contributed by atoms with Crippen molar-refractivity contribution in [2.75, 3.05) is 18.0 Å². The van der Waals surface area contributed by atoms with Crippen molar-refractivity contribution >= 4 is 23.2 Å². The minimum Gasteiger partial charge on any atom is -0.368 e. The molecule has 0 spiro atoms. The number of nitrogens with two attached hydrogens (primary N) is 1. The highest BCUT2D eigenvalue weighted by atomic mass is 35.5. The average Bonchev–Trinajstić information content (AvgIpc) is 3.18. The van der Waals surface area contributed by atoms with Gasteiger partial charge in [-0.15, -0.1) is 0 Å². The Bertz CT molecular complexity index is 460. The molecule has 1 aliphatic carbocycles. The van der Waals surface area contributed by atoms with E-state index in [1.807, 2.05) is 30.0 Å². The van der Waals surface area contributed by atoms with Crippen molar-refractivity contribution < 1.29 is 4.79 Å². The van der Waals surface area contributed by atoms with Crippen LogP contribution in [0, 0.1) is 0 Å². The van der Waals surface area contributed by atoms with Gasteiger partial charge in [0.05, 0.1) is 17.3 Å². The van der Waals surface area contributed by atoms with Crippen LogP contribution in [0.2, 0.25) is 5.02 Å². The van der Waals surface area contributed by atoms with Gasteiger partial charge in [-0.2, -0.15) is 0 Å². The summed E-state index contributed by atoms with van der Waals surface area (Å²) in [4.78, 5) is 12.9. The molecule has 0 heterocycles. The number of nitrogens with zero attached hydrogens (tertiary/aromatic N) is 1. The highest BCUT2D eigenvalue weighted by Gasteiger charge is 2.20. The number of hydrogen-bond donors (Lipinski definition) is 2. The Morgan fingerprint density at radius 3 is 2.79 bits per heavy atom. The fraction of sp³-hybridized carbons (Fsp3) is 0.500. The second-order valence-corrected chi connectivity index (χ2v) is 5.33. The molecule has 0 bridgehead atoms. The monoisotopic (exact) mass is 281 g/mol. The number of rotatable bonds is 7. The predicted octanol–water partition coefficient (Wildman–Crippen LogP) is 1.90. The molecule has 0 unspecified atom stereocenters. The summed E-state index contributed by atoms with van der Waals surface area (Å²) in [5, 5.41) is 4.11. The molecule has 1 saturated carbocycles. The Morgan fingerprint density at radius 1 is 1.53 bits per heavy atom. The van der Waals surface area contributed by atoms with Gasteiger partial charge in [0.15, 0.2) is 0 Å². The molecule has 4 nitrogen and oxygen atoms in total. The van der Waals surface area contributed by atoms with Crippen molar-refractivity contribution in [1.82, 2.24) is 5.32 Å². The first-order valence-corrected chi connectivity index (χ1v) is 7.03. The number of likely N-dealkylation sites (N-methyl/N-ethyl adjacent to an activating group) is 1. The molecule has 1 amide bonds. The predicted molar refractivity (Wildman–Crippen MR) is 78.4 cm³/mol. The van der Waals surface area contributed by atoms with E-state index in [0.717, 1.165) is 17.8 Å². The van der Waals surface area contributed by atoms with Gasteiger partial charge >= 0.3 is 0 Å². The zero-order valence-corrected chi connectivity index (χ0v) is 11.9. The second-order valence-electron chi connectivity index (χ2n) is 4.92. The van der Waals surface area contributed by atoms with Gasteiger partial charge in [0.2, 0.25) is 5.91 Å². The van der Waals surface area contributed by atoms with Crippen LogP contribution < -0.4 is 16.0 Å². The quantitative estimate of drug-likeness (QED) is 0.803. The third-order valence-electron chi connectivity index (χ3n) is 3.25. The zero-order valence-electron chi connectivity index (χ0n) is 11.2. The van der Waals surface area contributed by atoms with E-state index in [-0.39, 0.29) is 12.5 Å². The topological polar surface area (TPSA) is 58.4 Å². The van der Waals surface area contributed by atoms with Crippen LogP contribution in [0.5, 0.6) is 0 Å². The molecule has 2 rings (SSSR count). The van der Waals surface area contributed by atoms with Crippen molar-refractivity contribution in [2.24, 2.45) is 5.73 Å². The Balaban J connectivity index is 2.05. The Kier molecular flexibility index (Phi) is 4.66. The van der Waals surface area contributed by atoms with Crippen LogP contribution in [-0.2, 0) is 11.3 Å². The summed E-state index contributed by atoms with van der Waals surface area (Å²) in [6.45, 7) is 3.70. The Hall–Kier alpha value is -1.26. The van der Waals surface area contributed by atoms with Crippen molar-refractivity contribution in [3.05, 3.63) is 28.8 Å². The fourth-order valence-corrected chi connectivity index (χ4v) is 2.34. The van der Waals surface area contributed by atoms with E-state index in [4.69, 9.17) is 17.3 Å². The molecule has 5 heteroatoms. The molecule has 0 aromatic heterocycles.